The normalized spacial score (nSPS) is 14.0. The fourth-order valence-corrected chi connectivity index (χ4v) is 0.759. The minimum Gasteiger partial charge on any atom is -0.480 e. The smallest absolute Gasteiger partial charge is 0.320 e. The van der Waals surface area contributed by atoms with Gasteiger partial charge in [-0.25, -0.2) is 0 Å². The first-order valence-corrected chi connectivity index (χ1v) is 5.10. The summed E-state index contributed by atoms with van der Waals surface area (Å²) in [5.74, 6) is -3.44. The Hall–Kier alpha value is -0.770. The standard InChI is InChI=1S/C5H11NO2.C4H14N4O/c1-3(2)4(6)5(7)8;1-3(5,6)9-4(2,7)8/h3-4H,6H2,1-2H3,(H,7,8);5-8H2,1-2H3/t4-;/m0./s1. The molecule has 1 atom stereocenters. The van der Waals surface area contributed by atoms with Gasteiger partial charge in [-0.3, -0.25) is 27.7 Å². The molecule has 0 amide bonds. The fourth-order valence-electron chi connectivity index (χ4n) is 0.759. The molecule has 8 nitrogen and oxygen atoms in total. The molecule has 0 aromatic heterocycles. The Morgan fingerprint density at radius 3 is 1.41 bits per heavy atom. The van der Waals surface area contributed by atoms with Crippen molar-refractivity contribution in [1.29, 1.82) is 0 Å². The number of aliphatic carboxylic acids is 1. The molecule has 0 radical (unpaired) electrons. The van der Waals surface area contributed by atoms with E-state index >= 15 is 0 Å². The summed E-state index contributed by atoms with van der Waals surface area (Å²) in [5, 5.41) is 8.23. The van der Waals surface area contributed by atoms with E-state index in [1.54, 1.807) is 13.8 Å². The van der Waals surface area contributed by atoms with Crippen LogP contribution in [0.4, 0.5) is 0 Å². The van der Waals surface area contributed by atoms with Gasteiger partial charge < -0.3 is 15.6 Å². The van der Waals surface area contributed by atoms with Gasteiger partial charge in [0.25, 0.3) is 0 Å². The third-order valence-corrected chi connectivity index (χ3v) is 1.44. The third kappa shape index (κ3) is 15.2. The minimum absolute atomic E-state index is 0.0208. The predicted molar refractivity (Wildman–Crippen MR) is 65.1 cm³/mol. The largest absolute Gasteiger partial charge is 0.480 e. The molecule has 0 aliphatic carbocycles. The second-order valence-corrected chi connectivity index (χ2v) is 4.58. The average Bonchev–Trinajstić information content (AvgIpc) is 1.96. The van der Waals surface area contributed by atoms with Crippen LogP contribution in [-0.4, -0.2) is 28.8 Å². The molecule has 0 saturated carbocycles. The molecule has 0 unspecified atom stereocenters. The molecule has 0 heterocycles. The molecule has 0 aliphatic rings. The van der Waals surface area contributed by atoms with E-state index in [2.05, 4.69) is 0 Å². The summed E-state index contributed by atoms with van der Waals surface area (Å²) in [4.78, 5) is 10.0. The van der Waals surface area contributed by atoms with Gasteiger partial charge in [-0.2, -0.15) is 0 Å². The maximum atomic E-state index is 10.0. The quantitative estimate of drug-likeness (QED) is 0.318. The van der Waals surface area contributed by atoms with Crippen LogP contribution in [0.3, 0.4) is 0 Å². The number of hydrogen-bond donors (Lipinski definition) is 6. The summed E-state index contributed by atoms with van der Waals surface area (Å²) in [7, 11) is 0. The summed E-state index contributed by atoms with van der Waals surface area (Å²) < 4.78 is 4.74. The van der Waals surface area contributed by atoms with E-state index in [4.69, 9.17) is 38.5 Å². The molecule has 0 aliphatic heterocycles. The molecular weight excluding hydrogens is 226 g/mol. The van der Waals surface area contributed by atoms with Crippen molar-refractivity contribution < 1.29 is 14.6 Å². The lowest BCUT2D eigenvalue weighted by atomic mass is 10.1. The number of hydrogen-bond acceptors (Lipinski definition) is 7. The fraction of sp³-hybridized carbons (Fsp3) is 0.889. The maximum absolute atomic E-state index is 10.0. The summed E-state index contributed by atoms with van der Waals surface area (Å²) in [5.41, 5.74) is 26.0. The van der Waals surface area contributed by atoms with Crippen LogP contribution < -0.4 is 28.7 Å². The van der Waals surface area contributed by atoms with Crippen molar-refractivity contribution in [2.45, 2.75) is 45.4 Å². The van der Waals surface area contributed by atoms with E-state index in [9.17, 15) is 4.79 Å². The highest BCUT2D eigenvalue weighted by Crippen LogP contribution is 1.99. The maximum Gasteiger partial charge on any atom is 0.320 e. The molecule has 0 fully saturated rings. The highest BCUT2D eigenvalue weighted by molar-refractivity contribution is 5.73. The highest BCUT2D eigenvalue weighted by atomic mass is 16.6. The summed E-state index contributed by atoms with van der Waals surface area (Å²) in [6.07, 6.45) is 0. The molecule has 17 heavy (non-hydrogen) atoms. The summed E-state index contributed by atoms with van der Waals surface area (Å²) >= 11 is 0. The van der Waals surface area contributed by atoms with E-state index in [1.807, 2.05) is 0 Å². The Bertz CT molecular complexity index is 220. The Kier molecular flexibility index (Phi) is 7.48. The van der Waals surface area contributed by atoms with E-state index in [1.165, 1.54) is 13.8 Å². The van der Waals surface area contributed by atoms with Gasteiger partial charge in [0, 0.05) is 0 Å². The van der Waals surface area contributed by atoms with Crippen molar-refractivity contribution in [3.63, 3.8) is 0 Å². The number of rotatable bonds is 4. The zero-order chi connectivity index (χ0) is 14.4. The van der Waals surface area contributed by atoms with Crippen LogP contribution in [0.15, 0.2) is 0 Å². The predicted octanol–water partition coefficient (Wildman–Crippen LogP) is -1.76. The Balaban J connectivity index is 0. The van der Waals surface area contributed by atoms with Gasteiger partial charge in [-0.15, -0.1) is 0 Å². The van der Waals surface area contributed by atoms with E-state index in [0.29, 0.717) is 0 Å². The molecule has 0 aromatic carbocycles. The van der Waals surface area contributed by atoms with Crippen LogP contribution in [-0.2, 0) is 9.53 Å². The summed E-state index contributed by atoms with van der Waals surface area (Å²) in [6, 6.07) is -0.713. The second-order valence-electron chi connectivity index (χ2n) is 4.58. The minimum atomic E-state index is -1.27. The molecule has 11 N–H and O–H groups in total. The van der Waals surface area contributed by atoms with Crippen molar-refractivity contribution in [3.8, 4) is 0 Å². The lowest BCUT2D eigenvalue weighted by Crippen LogP contribution is -2.61. The Morgan fingerprint density at radius 1 is 1.12 bits per heavy atom. The number of carbonyl (C=O) groups is 1. The number of ether oxygens (including phenoxy) is 1. The van der Waals surface area contributed by atoms with Gasteiger partial charge in [0.15, 0.2) is 11.7 Å². The van der Waals surface area contributed by atoms with Crippen LogP contribution in [0.2, 0.25) is 0 Å². The lowest BCUT2D eigenvalue weighted by Gasteiger charge is -2.28. The zero-order valence-electron chi connectivity index (χ0n) is 10.8. The van der Waals surface area contributed by atoms with E-state index < -0.39 is 23.7 Å². The van der Waals surface area contributed by atoms with Gasteiger partial charge in [0.05, 0.1) is 0 Å². The molecular formula is C9H25N5O3. The van der Waals surface area contributed by atoms with Crippen molar-refractivity contribution in [1.82, 2.24) is 0 Å². The average molecular weight is 251 g/mol. The van der Waals surface area contributed by atoms with E-state index in [0.717, 1.165) is 0 Å². The van der Waals surface area contributed by atoms with Crippen LogP contribution in [0.1, 0.15) is 27.7 Å². The van der Waals surface area contributed by atoms with Crippen molar-refractivity contribution in [2.75, 3.05) is 0 Å². The molecule has 0 spiro atoms. The van der Waals surface area contributed by atoms with E-state index in [-0.39, 0.29) is 5.92 Å². The molecule has 104 valence electrons. The molecule has 0 bridgehead atoms. The van der Waals surface area contributed by atoms with Gasteiger partial charge in [-0.05, 0) is 19.8 Å². The monoisotopic (exact) mass is 251 g/mol. The first-order valence-electron chi connectivity index (χ1n) is 5.10. The molecule has 0 rings (SSSR count). The van der Waals surface area contributed by atoms with Crippen LogP contribution >= 0.6 is 0 Å². The molecule has 0 aromatic rings. The van der Waals surface area contributed by atoms with Crippen molar-refractivity contribution >= 4 is 5.97 Å². The number of nitrogens with two attached hydrogens (primary N) is 5. The zero-order valence-corrected chi connectivity index (χ0v) is 10.8. The SMILES string of the molecule is CC(C)[C@H](N)C(=O)O.CC(N)(N)OC(C)(N)N. The first-order chi connectivity index (χ1) is 7.26. The van der Waals surface area contributed by atoms with Crippen molar-refractivity contribution in [3.05, 3.63) is 0 Å². The third-order valence-electron chi connectivity index (χ3n) is 1.44. The second kappa shape index (κ2) is 6.84. The first kappa shape index (κ1) is 18.6. The van der Waals surface area contributed by atoms with Crippen LogP contribution in [0.25, 0.3) is 0 Å². The van der Waals surface area contributed by atoms with Crippen molar-refractivity contribution in [2.24, 2.45) is 34.6 Å². The highest BCUT2D eigenvalue weighted by Gasteiger charge is 2.22. The van der Waals surface area contributed by atoms with Gasteiger partial charge in [-0.1, -0.05) is 13.8 Å². The summed E-state index contributed by atoms with van der Waals surface area (Å²) in [6.45, 7) is 6.48. The van der Waals surface area contributed by atoms with Gasteiger partial charge in [0.2, 0.25) is 0 Å². The molecule has 8 heteroatoms. The molecule has 0 saturated heterocycles. The Labute approximate surface area is 101 Å². The van der Waals surface area contributed by atoms with Gasteiger partial charge >= 0.3 is 5.97 Å². The lowest BCUT2D eigenvalue weighted by molar-refractivity contribution is -0.139. The van der Waals surface area contributed by atoms with Crippen LogP contribution in [0.5, 0.6) is 0 Å². The Morgan fingerprint density at radius 2 is 1.41 bits per heavy atom. The topological polar surface area (TPSA) is 177 Å². The number of carboxylic acids is 1. The van der Waals surface area contributed by atoms with Gasteiger partial charge in [0.1, 0.15) is 6.04 Å². The van der Waals surface area contributed by atoms with Crippen LogP contribution in [0, 0.1) is 5.92 Å². The number of carboxylic acid groups (broad SMARTS) is 1.